The molecular formula is C30H45F3N6O2. The summed E-state index contributed by atoms with van der Waals surface area (Å²) in [5, 5.41) is 0. The molecule has 0 bridgehead atoms. The third-order valence-electron chi connectivity index (χ3n) is 10.5. The van der Waals surface area contributed by atoms with Crippen LogP contribution in [-0.4, -0.2) is 64.5 Å². The molecule has 3 unspecified atom stereocenters. The molecule has 2 N–H and O–H groups in total. The second-order valence-electron chi connectivity index (χ2n) is 13.2. The van der Waals surface area contributed by atoms with Crippen LogP contribution in [0.2, 0.25) is 0 Å². The van der Waals surface area contributed by atoms with Gasteiger partial charge >= 0.3 is 11.9 Å². The van der Waals surface area contributed by atoms with Crippen LogP contribution in [0.5, 0.6) is 0 Å². The third kappa shape index (κ3) is 5.48. The number of likely N-dealkylation sites (tertiary alicyclic amines) is 1. The van der Waals surface area contributed by atoms with E-state index in [0.29, 0.717) is 18.0 Å². The van der Waals surface area contributed by atoms with Gasteiger partial charge in [0.25, 0.3) is 0 Å². The number of piperidine rings is 1. The maximum atomic E-state index is 14.3. The molecule has 0 aromatic carbocycles. The first-order valence-electron chi connectivity index (χ1n) is 15.4. The second-order valence-corrected chi connectivity index (χ2v) is 13.2. The van der Waals surface area contributed by atoms with E-state index in [9.17, 15) is 18.0 Å². The normalized spacial score (nSPS) is 30.5. The highest BCUT2D eigenvalue weighted by molar-refractivity contribution is 5.56. The number of ether oxygens (including phenoxy) is 1. The Morgan fingerprint density at radius 3 is 2.59 bits per heavy atom. The Hall–Kier alpha value is -1.92. The fourth-order valence-electron chi connectivity index (χ4n) is 8.33. The molecule has 4 fully saturated rings. The number of fused-ring (bicyclic) bond motifs is 1. The predicted molar refractivity (Wildman–Crippen MR) is 151 cm³/mol. The number of hydrazine groups is 1. The third-order valence-corrected chi connectivity index (χ3v) is 10.5. The quantitative estimate of drug-likeness (QED) is 0.501. The molecule has 41 heavy (non-hydrogen) atoms. The molecule has 0 radical (unpaired) electrons. The molecule has 228 valence electrons. The number of alkyl halides is 3. The molecule has 2 saturated carbocycles. The highest BCUT2D eigenvalue weighted by atomic mass is 19.4. The highest BCUT2D eigenvalue weighted by Gasteiger charge is 2.53. The number of rotatable bonds is 7. The molecule has 2 aliphatic carbocycles. The van der Waals surface area contributed by atoms with Gasteiger partial charge in [-0.05, 0) is 88.4 Å². The van der Waals surface area contributed by atoms with E-state index < -0.39 is 11.7 Å². The van der Waals surface area contributed by atoms with Crippen LogP contribution in [0.15, 0.2) is 23.3 Å². The monoisotopic (exact) mass is 578 g/mol. The lowest BCUT2D eigenvalue weighted by molar-refractivity contribution is -0.156. The summed E-state index contributed by atoms with van der Waals surface area (Å²) in [6.45, 7) is 5.07. The number of nitrogens with one attached hydrogen (secondary N) is 2. The van der Waals surface area contributed by atoms with Crippen molar-refractivity contribution in [3.8, 4) is 0 Å². The van der Waals surface area contributed by atoms with Crippen LogP contribution in [0.25, 0.3) is 5.52 Å². The van der Waals surface area contributed by atoms with Crippen molar-refractivity contribution in [1.82, 2.24) is 29.6 Å². The zero-order valence-electron chi connectivity index (χ0n) is 24.6. The van der Waals surface area contributed by atoms with Crippen LogP contribution in [0.4, 0.5) is 13.2 Å². The summed E-state index contributed by atoms with van der Waals surface area (Å²) in [6.07, 6.45) is 7.47. The van der Waals surface area contributed by atoms with Crippen LogP contribution in [0.3, 0.4) is 0 Å². The lowest BCUT2D eigenvalue weighted by Gasteiger charge is -2.53. The fourth-order valence-corrected chi connectivity index (χ4v) is 8.33. The molecule has 2 saturated heterocycles. The Morgan fingerprint density at radius 1 is 1.15 bits per heavy atom. The van der Waals surface area contributed by atoms with Crippen molar-refractivity contribution in [1.29, 1.82) is 0 Å². The average Bonchev–Trinajstić information content (AvgIpc) is 3.48. The van der Waals surface area contributed by atoms with Crippen LogP contribution in [0, 0.1) is 17.8 Å². The van der Waals surface area contributed by atoms with Gasteiger partial charge in [-0.1, -0.05) is 13.3 Å². The minimum Gasteiger partial charge on any atom is -0.378 e. The van der Waals surface area contributed by atoms with E-state index in [1.54, 1.807) is 17.9 Å². The van der Waals surface area contributed by atoms with Crippen LogP contribution >= 0.6 is 0 Å². The van der Waals surface area contributed by atoms with Gasteiger partial charge in [0, 0.05) is 44.6 Å². The Labute approximate surface area is 240 Å². The average molecular weight is 579 g/mol. The number of halogens is 3. The topological polar surface area (TPSA) is 66.2 Å². The van der Waals surface area contributed by atoms with E-state index >= 15 is 0 Å². The lowest BCUT2D eigenvalue weighted by atomic mass is 9.61. The van der Waals surface area contributed by atoms with Crippen LogP contribution in [-0.2, 0) is 17.5 Å². The van der Waals surface area contributed by atoms with Gasteiger partial charge in [0.05, 0.1) is 29.5 Å². The number of methoxy groups -OCH3 is 1. The van der Waals surface area contributed by atoms with Crippen LogP contribution in [0.1, 0.15) is 81.9 Å². The molecule has 0 amide bonds. The van der Waals surface area contributed by atoms with Crippen molar-refractivity contribution in [3.05, 3.63) is 40.1 Å². The molecule has 8 nitrogen and oxygen atoms in total. The van der Waals surface area contributed by atoms with Crippen molar-refractivity contribution in [3.63, 3.8) is 0 Å². The minimum atomic E-state index is -4.55. The summed E-state index contributed by atoms with van der Waals surface area (Å²) in [5.41, 5.74) is 5.90. The van der Waals surface area contributed by atoms with Crippen molar-refractivity contribution in [2.24, 2.45) is 17.8 Å². The number of hydrogen-bond donors (Lipinski definition) is 2. The Kier molecular flexibility index (Phi) is 8.04. The first kappa shape index (κ1) is 29.2. The number of pyridine rings is 1. The number of aromatic nitrogens is 2. The molecule has 5 atom stereocenters. The largest absolute Gasteiger partial charge is 0.418 e. The number of hydrogen-bond acceptors (Lipinski definition) is 6. The van der Waals surface area contributed by atoms with E-state index in [-0.39, 0.29) is 40.9 Å². The summed E-state index contributed by atoms with van der Waals surface area (Å²) in [7, 11) is 3.90. The molecule has 4 aliphatic rings. The Morgan fingerprint density at radius 2 is 1.95 bits per heavy atom. The first-order valence-corrected chi connectivity index (χ1v) is 15.4. The smallest absolute Gasteiger partial charge is 0.378 e. The number of imidazole rings is 1. The fraction of sp³-hybridized carbons (Fsp3) is 0.767. The molecule has 11 heteroatoms. The Balaban J connectivity index is 1.33. The Bertz CT molecular complexity index is 1280. The summed E-state index contributed by atoms with van der Waals surface area (Å²) in [4.78, 5) is 18.3. The van der Waals surface area contributed by atoms with E-state index in [2.05, 4.69) is 34.6 Å². The van der Waals surface area contributed by atoms with E-state index in [4.69, 9.17) is 4.74 Å². The van der Waals surface area contributed by atoms with Gasteiger partial charge < -0.3 is 4.74 Å². The second kappa shape index (κ2) is 11.3. The molecule has 2 aromatic heterocycles. The van der Waals surface area contributed by atoms with Gasteiger partial charge in [-0.25, -0.2) is 15.6 Å². The lowest BCUT2D eigenvalue weighted by Crippen LogP contribution is -2.60. The molecule has 2 aliphatic heterocycles. The maximum absolute atomic E-state index is 14.3. The van der Waals surface area contributed by atoms with Gasteiger partial charge in [-0.15, -0.1) is 0 Å². The number of nitrogens with zero attached hydrogens (tertiary/aromatic N) is 4. The molecule has 6 rings (SSSR count). The zero-order chi connectivity index (χ0) is 28.9. The minimum absolute atomic E-state index is 0.0503. The highest BCUT2D eigenvalue weighted by Crippen LogP contribution is 2.51. The molecule has 2 aromatic rings. The van der Waals surface area contributed by atoms with Crippen molar-refractivity contribution in [2.45, 2.75) is 95.2 Å². The summed E-state index contributed by atoms with van der Waals surface area (Å²) >= 11 is 0. The van der Waals surface area contributed by atoms with Crippen LogP contribution < -0.4 is 16.5 Å². The summed E-state index contributed by atoms with van der Waals surface area (Å²) in [6, 6.07) is 1.11. The molecule has 4 heterocycles. The van der Waals surface area contributed by atoms with Crippen molar-refractivity contribution < 1.29 is 17.9 Å². The molecule has 0 spiro atoms. The zero-order valence-corrected chi connectivity index (χ0v) is 24.6. The van der Waals surface area contributed by atoms with Gasteiger partial charge in [0.15, 0.2) is 0 Å². The SMILES string of the molecule is COC1([C@H](C2CCCC(n3cc4c(C(F)(F)F)cc(CN5CCC[C@H](C)C5)cn4c3=O)C2)C2NNCN2C)CCC1. The van der Waals surface area contributed by atoms with E-state index in [1.165, 1.54) is 16.7 Å². The summed E-state index contributed by atoms with van der Waals surface area (Å²) in [5.74, 6) is 1.01. The first-order chi connectivity index (χ1) is 19.6. The standard InChI is InChI=1S/C30H45F3N6O2/c1-20-7-5-12-37(15-20)16-21-13-24(30(31,32)33)25-18-38(28(40)39(25)17-21)23-9-4-8-22(14-23)26(27-35-34-19-36(27)2)29(41-3)10-6-11-29/h13,17-18,20,22-23,26-27,34-35H,4-12,14-16,19H2,1-3H3/t20-,22?,23?,26+,27?/m0/s1. The van der Waals surface area contributed by atoms with Gasteiger partial charge in [0.1, 0.15) is 0 Å². The van der Waals surface area contributed by atoms with Gasteiger partial charge in [0.2, 0.25) is 0 Å². The van der Waals surface area contributed by atoms with E-state index in [1.807, 2.05) is 0 Å². The maximum Gasteiger partial charge on any atom is 0.418 e. The van der Waals surface area contributed by atoms with Crippen molar-refractivity contribution in [2.75, 3.05) is 33.9 Å². The summed E-state index contributed by atoms with van der Waals surface area (Å²) < 4.78 is 52.1. The molecular weight excluding hydrogens is 533 g/mol. The van der Waals surface area contributed by atoms with E-state index in [0.717, 1.165) is 77.5 Å². The van der Waals surface area contributed by atoms with Gasteiger partial charge in [-0.2, -0.15) is 13.2 Å². The van der Waals surface area contributed by atoms with Crippen molar-refractivity contribution >= 4 is 5.52 Å². The predicted octanol–water partition coefficient (Wildman–Crippen LogP) is 4.59. The van der Waals surface area contributed by atoms with Gasteiger partial charge in [-0.3, -0.25) is 18.8 Å².